The van der Waals surface area contributed by atoms with Crippen LogP contribution in [0.25, 0.3) is 0 Å². The van der Waals surface area contributed by atoms with Crippen LogP contribution in [0.4, 0.5) is 0 Å². The minimum absolute atomic E-state index is 0.00380. The molecule has 236 valence electrons. The van der Waals surface area contributed by atoms with Gasteiger partial charge in [-0.25, -0.2) is 0 Å². The highest BCUT2D eigenvalue weighted by Gasteiger charge is 2.56. The molecule has 3 saturated heterocycles. The number of esters is 2. The average Bonchev–Trinajstić information content (AvgIpc) is 3.88. The summed E-state index contributed by atoms with van der Waals surface area (Å²) >= 11 is 0. The van der Waals surface area contributed by atoms with Crippen LogP contribution in [0.3, 0.4) is 0 Å². The maximum Gasteiger partial charge on any atom is 0.312 e. The first kappa shape index (κ1) is 32.7. The first-order chi connectivity index (χ1) is 20.1. The van der Waals surface area contributed by atoms with E-state index in [2.05, 4.69) is 13.8 Å². The number of fused-ring (bicyclic) bond motifs is 1. The molecule has 0 spiro atoms. The second kappa shape index (κ2) is 17.8. The van der Waals surface area contributed by atoms with E-state index in [1.807, 2.05) is 0 Å². The fourth-order valence-corrected chi connectivity index (χ4v) is 6.53. The van der Waals surface area contributed by atoms with Gasteiger partial charge in [0.25, 0.3) is 0 Å². The van der Waals surface area contributed by atoms with Crippen molar-refractivity contribution < 1.29 is 33.3 Å². The SMILES string of the molecule is CCCCCCCCCCCC1OC1OC(=O)C1CC2OC2CC1C(=O)OC1OC1CCCCCCCCCCC. The van der Waals surface area contributed by atoms with Gasteiger partial charge in [0.2, 0.25) is 12.6 Å². The van der Waals surface area contributed by atoms with Gasteiger partial charge in [0, 0.05) is 0 Å². The Morgan fingerprint density at radius 1 is 0.512 bits per heavy atom. The topological polar surface area (TPSA) is 90.2 Å². The molecule has 8 unspecified atom stereocenters. The van der Waals surface area contributed by atoms with E-state index in [0.29, 0.717) is 12.8 Å². The van der Waals surface area contributed by atoms with Gasteiger partial charge in [-0.15, -0.1) is 0 Å². The zero-order valence-electron chi connectivity index (χ0n) is 26.0. The van der Waals surface area contributed by atoms with Crippen molar-refractivity contribution in [3.8, 4) is 0 Å². The van der Waals surface area contributed by atoms with Crippen molar-refractivity contribution in [1.29, 1.82) is 0 Å². The molecule has 0 aromatic carbocycles. The van der Waals surface area contributed by atoms with Crippen molar-refractivity contribution >= 4 is 11.9 Å². The number of hydrogen-bond donors (Lipinski definition) is 0. The summed E-state index contributed by atoms with van der Waals surface area (Å²) in [7, 11) is 0. The van der Waals surface area contributed by atoms with E-state index in [4.69, 9.17) is 23.7 Å². The molecule has 1 saturated carbocycles. The summed E-state index contributed by atoms with van der Waals surface area (Å²) in [5.74, 6) is -1.75. The zero-order chi connectivity index (χ0) is 28.9. The van der Waals surface area contributed by atoms with Crippen LogP contribution >= 0.6 is 0 Å². The molecule has 4 fully saturated rings. The van der Waals surface area contributed by atoms with Gasteiger partial charge < -0.3 is 23.7 Å². The molecule has 41 heavy (non-hydrogen) atoms. The maximum atomic E-state index is 13.1. The highest BCUT2D eigenvalue weighted by molar-refractivity contribution is 5.83. The molecule has 0 bridgehead atoms. The second-order valence-corrected chi connectivity index (χ2v) is 13.1. The molecular weight excluding hydrogens is 520 g/mol. The Balaban J connectivity index is 1.05. The molecule has 0 N–H and O–H groups in total. The molecule has 0 radical (unpaired) electrons. The predicted molar refractivity (Wildman–Crippen MR) is 158 cm³/mol. The molecule has 3 aliphatic heterocycles. The lowest BCUT2D eigenvalue weighted by molar-refractivity contribution is -0.167. The Morgan fingerprint density at radius 2 is 0.854 bits per heavy atom. The highest BCUT2D eigenvalue weighted by atomic mass is 16.8. The van der Waals surface area contributed by atoms with Gasteiger partial charge in [0.1, 0.15) is 12.2 Å². The zero-order valence-corrected chi connectivity index (χ0v) is 26.0. The largest absolute Gasteiger partial charge is 0.433 e. The highest BCUT2D eigenvalue weighted by Crippen LogP contribution is 2.45. The number of epoxide rings is 3. The summed E-state index contributed by atoms with van der Waals surface area (Å²) in [6.45, 7) is 4.50. The molecule has 0 amide bonds. The van der Waals surface area contributed by atoms with Crippen molar-refractivity contribution in [3.05, 3.63) is 0 Å². The van der Waals surface area contributed by atoms with Crippen molar-refractivity contribution in [2.45, 2.75) is 192 Å². The normalized spacial score (nSPS) is 31.4. The lowest BCUT2D eigenvalue weighted by Crippen LogP contribution is -2.38. The van der Waals surface area contributed by atoms with Gasteiger partial charge in [0.15, 0.2) is 0 Å². The number of hydrogen-bond acceptors (Lipinski definition) is 7. The van der Waals surface area contributed by atoms with E-state index < -0.39 is 24.4 Å². The van der Waals surface area contributed by atoms with E-state index in [1.54, 1.807) is 0 Å². The van der Waals surface area contributed by atoms with Crippen molar-refractivity contribution in [1.82, 2.24) is 0 Å². The molecular formula is C34H58O7. The van der Waals surface area contributed by atoms with Crippen molar-refractivity contribution in [3.63, 3.8) is 0 Å². The number of rotatable bonds is 24. The number of ether oxygens (including phenoxy) is 5. The molecule has 4 rings (SSSR count). The predicted octanol–water partition coefficient (Wildman–Crippen LogP) is 8.16. The van der Waals surface area contributed by atoms with Crippen LogP contribution in [-0.4, -0.2) is 48.9 Å². The molecule has 3 heterocycles. The summed E-state index contributed by atoms with van der Waals surface area (Å²) in [6.07, 6.45) is 25.3. The fraction of sp³-hybridized carbons (Fsp3) is 0.941. The van der Waals surface area contributed by atoms with Crippen LogP contribution in [0.1, 0.15) is 155 Å². The Bertz CT molecular complexity index is 710. The van der Waals surface area contributed by atoms with Crippen LogP contribution < -0.4 is 0 Å². The smallest absolute Gasteiger partial charge is 0.312 e. The minimum Gasteiger partial charge on any atom is -0.433 e. The third-order valence-corrected chi connectivity index (χ3v) is 9.47. The standard InChI is InChI=1S/C34H58O7/c1-3-5-7-9-11-13-15-17-19-21-27-33(38-27)40-31(35)25-23-29-30(37-29)24-26(25)32(36)41-34-28(39-34)22-20-18-16-14-12-10-8-6-4-2/h25-30,33-34H,3-24H2,1-2H3. The van der Waals surface area contributed by atoms with Crippen LogP contribution in [0.5, 0.6) is 0 Å². The van der Waals surface area contributed by atoms with E-state index in [0.717, 1.165) is 25.7 Å². The van der Waals surface area contributed by atoms with Crippen molar-refractivity contribution in [2.24, 2.45) is 11.8 Å². The van der Waals surface area contributed by atoms with Crippen LogP contribution in [0.15, 0.2) is 0 Å². The van der Waals surface area contributed by atoms with Gasteiger partial charge in [0.05, 0.1) is 24.0 Å². The maximum absolute atomic E-state index is 13.1. The molecule has 1 aliphatic carbocycles. The Morgan fingerprint density at radius 3 is 1.22 bits per heavy atom. The van der Waals surface area contributed by atoms with Gasteiger partial charge in [-0.05, 0) is 25.7 Å². The first-order valence-corrected chi connectivity index (χ1v) is 17.5. The Hall–Kier alpha value is -1.18. The van der Waals surface area contributed by atoms with Gasteiger partial charge in [-0.1, -0.05) is 129 Å². The number of carbonyl (C=O) groups excluding carboxylic acids is 2. The molecule has 0 aromatic heterocycles. The van der Waals surface area contributed by atoms with Gasteiger partial charge >= 0.3 is 11.9 Å². The Labute approximate surface area is 249 Å². The van der Waals surface area contributed by atoms with E-state index >= 15 is 0 Å². The third kappa shape index (κ3) is 11.8. The van der Waals surface area contributed by atoms with Crippen LogP contribution in [-0.2, 0) is 33.3 Å². The Kier molecular flexibility index (Phi) is 14.2. The quantitative estimate of drug-likeness (QED) is 0.0648. The van der Waals surface area contributed by atoms with Crippen LogP contribution in [0, 0.1) is 11.8 Å². The van der Waals surface area contributed by atoms with E-state index in [-0.39, 0.29) is 36.4 Å². The lowest BCUT2D eigenvalue weighted by atomic mass is 9.79. The molecule has 4 aliphatic rings. The third-order valence-electron chi connectivity index (χ3n) is 9.47. The molecule has 0 aromatic rings. The number of carbonyl (C=O) groups is 2. The van der Waals surface area contributed by atoms with E-state index in [1.165, 1.54) is 103 Å². The monoisotopic (exact) mass is 578 g/mol. The summed E-state index contributed by atoms with van der Waals surface area (Å²) in [5.41, 5.74) is 0. The van der Waals surface area contributed by atoms with Crippen LogP contribution in [0.2, 0.25) is 0 Å². The number of unbranched alkanes of at least 4 members (excludes halogenated alkanes) is 16. The molecule has 8 atom stereocenters. The lowest BCUT2D eigenvalue weighted by Gasteiger charge is -2.25. The summed E-state index contributed by atoms with van der Waals surface area (Å²) in [5, 5.41) is 0. The van der Waals surface area contributed by atoms with Gasteiger partial charge in [-0.2, -0.15) is 0 Å². The van der Waals surface area contributed by atoms with Gasteiger partial charge in [-0.3, -0.25) is 9.59 Å². The molecule has 7 nitrogen and oxygen atoms in total. The fourth-order valence-electron chi connectivity index (χ4n) is 6.53. The average molecular weight is 579 g/mol. The van der Waals surface area contributed by atoms with Crippen molar-refractivity contribution in [2.75, 3.05) is 0 Å². The first-order valence-electron chi connectivity index (χ1n) is 17.5. The molecule has 7 heteroatoms. The summed E-state index contributed by atoms with van der Waals surface area (Å²) < 4.78 is 28.3. The van der Waals surface area contributed by atoms with E-state index in [9.17, 15) is 9.59 Å². The summed E-state index contributed by atoms with van der Waals surface area (Å²) in [4.78, 5) is 26.1. The second-order valence-electron chi connectivity index (χ2n) is 13.1. The minimum atomic E-state index is -0.529. The summed E-state index contributed by atoms with van der Waals surface area (Å²) in [6, 6.07) is 0.